The highest BCUT2D eigenvalue weighted by Crippen LogP contribution is 2.24. The molecule has 1 aliphatic heterocycles. The van der Waals surface area contributed by atoms with Crippen molar-refractivity contribution in [1.29, 1.82) is 0 Å². The van der Waals surface area contributed by atoms with Crippen LogP contribution in [0.1, 0.15) is 5.69 Å². The number of benzene rings is 1. The average molecular weight is 445 g/mol. The zero-order valence-electron chi connectivity index (χ0n) is 19.0. The minimum Gasteiger partial charge on any atom is -0.481 e. The summed E-state index contributed by atoms with van der Waals surface area (Å²) in [5.41, 5.74) is 1.52. The second-order valence-electron chi connectivity index (χ2n) is 8.02. The van der Waals surface area contributed by atoms with Crippen molar-refractivity contribution in [2.45, 2.75) is 0 Å². The number of aromatic nitrogens is 3. The molecule has 33 heavy (non-hydrogen) atoms. The number of nitrogens with one attached hydrogen (secondary N) is 1. The summed E-state index contributed by atoms with van der Waals surface area (Å²) >= 11 is 0. The maximum Gasteiger partial charge on any atom is 0.246 e. The fraction of sp³-hybridized carbons (Fsp3) is 0.320. The van der Waals surface area contributed by atoms with Crippen LogP contribution in [-0.4, -0.2) is 84.1 Å². The molecule has 2 aromatic heterocycles. The molecule has 8 heteroatoms. The summed E-state index contributed by atoms with van der Waals surface area (Å²) in [4.78, 5) is 30.6. The van der Waals surface area contributed by atoms with E-state index in [-0.39, 0.29) is 5.91 Å². The highest BCUT2D eigenvalue weighted by molar-refractivity contribution is 5.90. The molecule has 1 amide bonds. The van der Waals surface area contributed by atoms with Crippen molar-refractivity contribution in [2.75, 3.05) is 58.3 Å². The number of para-hydroxylation sites is 1. The third-order valence-corrected chi connectivity index (χ3v) is 5.30. The fourth-order valence-electron chi connectivity index (χ4n) is 3.62. The van der Waals surface area contributed by atoms with E-state index in [2.05, 4.69) is 31.7 Å². The first kappa shape index (κ1) is 22.4. The van der Waals surface area contributed by atoms with Crippen molar-refractivity contribution < 1.29 is 9.53 Å². The van der Waals surface area contributed by atoms with Crippen LogP contribution in [0.5, 0.6) is 5.75 Å². The van der Waals surface area contributed by atoms with Gasteiger partial charge in [0.15, 0.2) is 0 Å². The molecule has 1 aromatic carbocycles. The molecule has 3 heterocycles. The normalized spacial score (nSPS) is 14.0. The van der Waals surface area contributed by atoms with E-state index in [0.29, 0.717) is 19.7 Å². The number of amides is 1. The summed E-state index contributed by atoms with van der Waals surface area (Å²) in [6.45, 7) is 3.81. The first-order chi connectivity index (χ1) is 16.1. The van der Waals surface area contributed by atoms with Crippen LogP contribution in [0.25, 0.3) is 11.0 Å². The Hall–Kier alpha value is -3.83. The topological polar surface area (TPSA) is 77.6 Å². The lowest BCUT2D eigenvalue weighted by atomic mass is 10.2. The highest BCUT2D eigenvalue weighted by atomic mass is 16.5. The van der Waals surface area contributed by atoms with Crippen molar-refractivity contribution in [3.05, 3.63) is 60.6 Å². The predicted octanol–water partition coefficient (Wildman–Crippen LogP) is 2.15. The van der Waals surface area contributed by atoms with Crippen LogP contribution < -0.4 is 9.64 Å². The van der Waals surface area contributed by atoms with Gasteiger partial charge in [-0.15, -0.1) is 0 Å². The lowest BCUT2D eigenvalue weighted by Gasteiger charge is -2.35. The summed E-state index contributed by atoms with van der Waals surface area (Å²) in [7, 11) is 3.96. The summed E-state index contributed by atoms with van der Waals surface area (Å²) < 4.78 is 5.62. The quantitative estimate of drug-likeness (QED) is 0.464. The number of rotatable bonds is 6. The van der Waals surface area contributed by atoms with E-state index >= 15 is 0 Å². The molecule has 0 saturated carbocycles. The number of ether oxygens (including phenoxy) is 1. The Morgan fingerprint density at radius 3 is 2.73 bits per heavy atom. The number of piperazine rings is 1. The number of hydrogen-bond donors (Lipinski definition) is 1. The summed E-state index contributed by atoms with van der Waals surface area (Å²) in [5, 5.41) is 0.927. The molecule has 0 unspecified atom stereocenters. The Morgan fingerprint density at radius 2 is 1.97 bits per heavy atom. The minimum atomic E-state index is 0.0567. The average Bonchev–Trinajstić information content (AvgIpc) is 3.25. The van der Waals surface area contributed by atoms with Gasteiger partial charge in [-0.1, -0.05) is 30.2 Å². The van der Waals surface area contributed by atoms with Gasteiger partial charge in [-0.25, -0.2) is 9.97 Å². The molecule has 0 bridgehead atoms. The van der Waals surface area contributed by atoms with E-state index in [1.807, 2.05) is 66.4 Å². The van der Waals surface area contributed by atoms with Gasteiger partial charge < -0.3 is 24.4 Å². The number of fused-ring (bicyclic) bond motifs is 1. The zero-order chi connectivity index (χ0) is 23.0. The van der Waals surface area contributed by atoms with Gasteiger partial charge in [0.2, 0.25) is 5.91 Å². The molecule has 0 aliphatic carbocycles. The second kappa shape index (κ2) is 10.7. The monoisotopic (exact) mass is 444 g/mol. The van der Waals surface area contributed by atoms with Gasteiger partial charge in [-0.2, -0.15) is 0 Å². The molecule has 1 saturated heterocycles. The Kier molecular flexibility index (Phi) is 7.22. The Bertz CT molecular complexity index is 1170. The number of anilines is 1. The molecular formula is C25H28N6O2. The van der Waals surface area contributed by atoms with Gasteiger partial charge in [0.25, 0.3) is 0 Å². The molecule has 3 aromatic rings. The number of hydrogen-bond acceptors (Lipinski definition) is 6. The number of carbonyl (C=O) groups excluding carboxylic acids is 1. The van der Waals surface area contributed by atoms with Crippen LogP contribution in [0, 0.1) is 11.8 Å². The molecule has 4 rings (SSSR count). The Morgan fingerprint density at radius 1 is 1.18 bits per heavy atom. The zero-order valence-corrected chi connectivity index (χ0v) is 19.0. The van der Waals surface area contributed by atoms with Gasteiger partial charge in [0.05, 0.1) is 11.1 Å². The summed E-state index contributed by atoms with van der Waals surface area (Å²) in [6.07, 6.45) is 5.12. The minimum absolute atomic E-state index is 0.0567. The summed E-state index contributed by atoms with van der Waals surface area (Å²) in [5.74, 6) is 7.85. The van der Waals surface area contributed by atoms with E-state index in [9.17, 15) is 4.79 Å². The lowest BCUT2D eigenvalue weighted by Crippen LogP contribution is -2.48. The molecular weight excluding hydrogens is 416 g/mol. The third kappa shape index (κ3) is 5.90. The van der Waals surface area contributed by atoms with Crippen LogP contribution in [0.15, 0.2) is 54.9 Å². The van der Waals surface area contributed by atoms with Gasteiger partial charge in [-0.05, 0) is 38.2 Å². The molecule has 1 N–H and O–H groups in total. The number of likely N-dealkylation sites (N-methyl/N-ethyl adjacent to an activating group) is 1. The van der Waals surface area contributed by atoms with E-state index in [1.165, 1.54) is 0 Å². The molecule has 1 fully saturated rings. The molecule has 1 aliphatic rings. The Balaban J connectivity index is 1.38. The number of carbonyl (C=O) groups is 1. The maximum absolute atomic E-state index is 12.4. The molecule has 170 valence electrons. The highest BCUT2D eigenvalue weighted by Gasteiger charge is 2.22. The second-order valence-corrected chi connectivity index (χ2v) is 8.02. The van der Waals surface area contributed by atoms with Crippen LogP contribution in [-0.2, 0) is 4.79 Å². The SMILES string of the molecule is CN(C)C/C=C/C(=O)N1CCN(c2ncnc3[nH]c(C#CCOc4ccccc4)cc23)CC1. The van der Waals surface area contributed by atoms with Crippen molar-refractivity contribution in [2.24, 2.45) is 0 Å². The van der Waals surface area contributed by atoms with Gasteiger partial charge in [0.1, 0.15) is 30.1 Å². The number of aromatic amines is 1. The third-order valence-electron chi connectivity index (χ3n) is 5.30. The van der Waals surface area contributed by atoms with E-state index in [4.69, 9.17) is 4.74 Å². The molecule has 0 radical (unpaired) electrons. The number of H-pyrrole nitrogens is 1. The van der Waals surface area contributed by atoms with Crippen molar-refractivity contribution in [3.63, 3.8) is 0 Å². The van der Waals surface area contributed by atoms with Crippen LogP contribution >= 0.6 is 0 Å². The van der Waals surface area contributed by atoms with Crippen molar-refractivity contribution >= 4 is 22.8 Å². The van der Waals surface area contributed by atoms with Gasteiger partial charge >= 0.3 is 0 Å². The largest absolute Gasteiger partial charge is 0.481 e. The molecule has 0 spiro atoms. The van der Waals surface area contributed by atoms with E-state index in [1.54, 1.807) is 12.4 Å². The fourth-order valence-corrected chi connectivity index (χ4v) is 3.62. The Labute approximate surface area is 193 Å². The molecule has 0 atom stereocenters. The number of nitrogens with zero attached hydrogens (tertiary/aromatic N) is 5. The summed E-state index contributed by atoms with van der Waals surface area (Å²) in [6, 6.07) is 11.6. The standard InChI is InChI=1S/C25H28N6O2/c1-29(2)12-6-11-23(32)30-13-15-31(16-14-30)25-22-18-20(28-24(22)26-19-27-25)8-7-17-33-21-9-4-3-5-10-21/h3-6,9-11,18-19H,12-17H2,1-2H3,(H,26,27,28)/b11-6+. The van der Waals surface area contributed by atoms with Crippen LogP contribution in [0.4, 0.5) is 5.82 Å². The lowest BCUT2D eigenvalue weighted by molar-refractivity contribution is -0.126. The van der Waals surface area contributed by atoms with Crippen LogP contribution in [0.3, 0.4) is 0 Å². The first-order valence-corrected chi connectivity index (χ1v) is 11.0. The van der Waals surface area contributed by atoms with Gasteiger partial charge in [-0.3, -0.25) is 4.79 Å². The van der Waals surface area contributed by atoms with Gasteiger partial charge in [0, 0.05) is 38.8 Å². The van der Waals surface area contributed by atoms with Crippen LogP contribution in [0.2, 0.25) is 0 Å². The maximum atomic E-state index is 12.4. The predicted molar refractivity (Wildman–Crippen MR) is 129 cm³/mol. The smallest absolute Gasteiger partial charge is 0.246 e. The van der Waals surface area contributed by atoms with E-state index in [0.717, 1.165) is 47.9 Å². The molecule has 8 nitrogen and oxygen atoms in total. The van der Waals surface area contributed by atoms with E-state index < -0.39 is 0 Å². The van der Waals surface area contributed by atoms with Crippen molar-refractivity contribution in [1.82, 2.24) is 24.8 Å². The van der Waals surface area contributed by atoms with Crippen molar-refractivity contribution in [3.8, 4) is 17.6 Å². The first-order valence-electron chi connectivity index (χ1n) is 11.0.